The molecule has 25 heavy (non-hydrogen) atoms. The predicted molar refractivity (Wildman–Crippen MR) is 93.1 cm³/mol. The molecular weight excluding hydrogens is 320 g/mol. The van der Waals surface area contributed by atoms with E-state index < -0.39 is 0 Å². The molecule has 0 amide bonds. The second kappa shape index (κ2) is 6.97. The lowest BCUT2D eigenvalue weighted by Crippen LogP contribution is -2.38. The molecule has 0 unspecified atom stereocenters. The molecule has 1 fully saturated rings. The van der Waals surface area contributed by atoms with Gasteiger partial charge in [0.25, 0.3) is 0 Å². The molecule has 134 valence electrons. The summed E-state index contributed by atoms with van der Waals surface area (Å²) in [5.41, 5.74) is 8.06. The van der Waals surface area contributed by atoms with Crippen molar-refractivity contribution in [2.75, 3.05) is 23.7 Å². The van der Waals surface area contributed by atoms with Crippen molar-refractivity contribution in [2.45, 2.75) is 50.8 Å². The number of nitrogens with one attached hydrogen (secondary N) is 1. The summed E-state index contributed by atoms with van der Waals surface area (Å²) in [5, 5.41) is 17.8. The topological polar surface area (TPSA) is 113 Å². The summed E-state index contributed by atoms with van der Waals surface area (Å²) < 4.78 is 5.46. The van der Waals surface area contributed by atoms with Crippen LogP contribution in [0.3, 0.4) is 0 Å². The van der Waals surface area contributed by atoms with Crippen LogP contribution in [0, 0.1) is 0 Å². The van der Waals surface area contributed by atoms with Crippen LogP contribution in [0.15, 0.2) is 16.9 Å². The Kier molecular flexibility index (Phi) is 4.54. The number of nitrogens with zero attached hydrogens (tertiary/aromatic N) is 4. The number of hydrogen-bond donors (Lipinski definition) is 3. The van der Waals surface area contributed by atoms with E-state index in [4.69, 9.17) is 10.3 Å². The van der Waals surface area contributed by atoms with Crippen LogP contribution in [-0.2, 0) is 19.4 Å². The van der Waals surface area contributed by atoms with Gasteiger partial charge < -0.3 is 25.6 Å². The second-order valence-electron chi connectivity index (χ2n) is 6.87. The van der Waals surface area contributed by atoms with Crippen molar-refractivity contribution >= 4 is 11.6 Å². The van der Waals surface area contributed by atoms with E-state index in [0.29, 0.717) is 25.3 Å². The van der Waals surface area contributed by atoms with E-state index in [1.54, 1.807) is 6.07 Å². The lowest BCUT2D eigenvalue weighted by atomic mass is 9.96. The first-order valence-corrected chi connectivity index (χ1v) is 8.90. The van der Waals surface area contributed by atoms with Crippen LogP contribution in [0.2, 0.25) is 0 Å². The SMILES string of the molecule is Nc1cc(N2C[C@H](O)C[C@@H]2CNCc2noc3c2CCCC3)ncn1. The first-order chi connectivity index (χ1) is 12.2. The first-order valence-electron chi connectivity index (χ1n) is 8.90. The van der Waals surface area contributed by atoms with E-state index in [1.807, 2.05) is 0 Å². The number of β-amino-alcohol motifs (C(OH)–C–C–N with tert-alkyl or cyclic N) is 1. The molecule has 0 bridgehead atoms. The van der Waals surface area contributed by atoms with Crippen molar-refractivity contribution in [2.24, 2.45) is 0 Å². The Hall–Kier alpha value is -2.19. The van der Waals surface area contributed by atoms with Crippen molar-refractivity contribution in [1.82, 2.24) is 20.4 Å². The maximum atomic E-state index is 10.1. The van der Waals surface area contributed by atoms with Gasteiger partial charge >= 0.3 is 0 Å². The Morgan fingerprint density at radius 2 is 2.20 bits per heavy atom. The van der Waals surface area contributed by atoms with Crippen molar-refractivity contribution in [3.8, 4) is 0 Å². The minimum absolute atomic E-state index is 0.159. The molecule has 3 heterocycles. The highest BCUT2D eigenvalue weighted by Gasteiger charge is 2.32. The molecule has 2 aromatic heterocycles. The number of aliphatic hydroxyl groups excluding tert-OH is 1. The van der Waals surface area contributed by atoms with Gasteiger partial charge in [0.1, 0.15) is 29.4 Å². The van der Waals surface area contributed by atoms with E-state index >= 15 is 0 Å². The third kappa shape index (κ3) is 3.45. The molecule has 4 rings (SSSR count). The van der Waals surface area contributed by atoms with Gasteiger partial charge in [-0.3, -0.25) is 0 Å². The fourth-order valence-corrected chi connectivity index (χ4v) is 3.83. The van der Waals surface area contributed by atoms with Crippen molar-refractivity contribution in [3.63, 3.8) is 0 Å². The molecule has 2 atom stereocenters. The van der Waals surface area contributed by atoms with Gasteiger partial charge in [-0.15, -0.1) is 0 Å². The molecule has 1 saturated heterocycles. The van der Waals surface area contributed by atoms with Crippen LogP contribution >= 0.6 is 0 Å². The third-order valence-corrected chi connectivity index (χ3v) is 5.06. The Bertz CT molecular complexity index is 734. The van der Waals surface area contributed by atoms with Gasteiger partial charge in [0.2, 0.25) is 0 Å². The minimum atomic E-state index is -0.359. The van der Waals surface area contributed by atoms with E-state index in [-0.39, 0.29) is 12.1 Å². The fraction of sp³-hybridized carbons (Fsp3) is 0.588. The van der Waals surface area contributed by atoms with Crippen LogP contribution in [0.25, 0.3) is 0 Å². The third-order valence-electron chi connectivity index (χ3n) is 5.06. The molecule has 0 saturated carbocycles. The van der Waals surface area contributed by atoms with Gasteiger partial charge in [-0.25, -0.2) is 9.97 Å². The van der Waals surface area contributed by atoms with Crippen LogP contribution in [0.1, 0.15) is 36.3 Å². The molecule has 8 heteroatoms. The summed E-state index contributed by atoms with van der Waals surface area (Å²) in [6.45, 7) is 1.98. The number of aromatic nitrogens is 3. The summed E-state index contributed by atoms with van der Waals surface area (Å²) in [4.78, 5) is 10.3. The van der Waals surface area contributed by atoms with Gasteiger partial charge in [-0.05, 0) is 25.7 Å². The molecule has 2 aromatic rings. The van der Waals surface area contributed by atoms with Crippen LogP contribution in [0.5, 0.6) is 0 Å². The summed E-state index contributed by atoms with van der Waals surface area (Å²) in [7, 11) is 0. The quantitative estimate of drug-likeness (QED) is 0.725. The zero-order valence-corrected chi connectivity index (χ0v) is 14.2. The standard InChI is InChI=1S/C17H24N6O2/c18-16-6-17(21-10-20-16)23-9-12(24)5-11(23)7-19-8-14-13-3-1-2-4-15(13)25-22-14/h6,10-12,19,24H,1-5,7-9H2,(H2,18,20,21)/t11-,12-/m1/s1. The highest BCUT2D eigenvalue weighted by Crippen LogP contribution is 2.26. The number of nitrogens with two attached hydrogens (primary N) is 1. The maximum absolute atomic E-state index is 10.1. The highest BCUT2D eigenvalue weighted by molar-refractivity contribution is 5.48. The fourth-order valence-electron chi connectivity index (χ4n) is 3.83. The predicted octanol–water partition coefficient (Wildman–Crippen LogP) is 0.655. The summed E-state index contributed by atoms with van der Waals surface area (Å²) in [5.74, 6) is 2.25. The van der Waals surface area contributed by atoms with Gasteiger partial charge in [0.05, 0.1) is 6.10 Å². The zero-order chi connectivity index (χ0) is 17.2. The average molecular weight is 344 g/mol. The van der Waals surface area contributed by atoms with Crippen LogP contribution < -0.4 is 16.0 Å². The molecule has 8 nitrogen and oxygen atoms in total. The summed E-state index contributed by atoms with van der Waals surface area (Å²) in [6.07, 6.45) is 6.26. The molecule has 4 N–H and O–H groups in total. The summed E-state index contributed by atoms with van der Waals surface area (Å²) >= 11 is 0. The molecule has 1 aliphatic carbocycles. The van der Waals surface area contributed by atoms with Gasteiger partial charge in [-0.1, -0.05) is 5.16 Å². The maximum Gasteiger partial charge on any atom is 0.140 e. The number of aliphatic hydroxyl groups is 1. The Morgan fingerprint density at radius 1 is 1.32 bits per heavy atom. The highest BCUT2D eigenvalue weighted by atomic mass is 16.5. The van der Waals surface area contributed by atoms with Crippen molar-refractivity contribution in [1.29, 1.82) is 0 Å². The Labute approximate surface area is 146 Å². The molecular formula is C17H24N6O2. The van der Waals surface area contributed by atoms with E-state index in [1.165, 1.54) is 24.7 Å². The molecule has 0 radical (unpaired) electrons. The van der Waals surface area contributed by atoms with Crippen LogP contribution in [-0.4, -0.2) is 45.5 Å². The zero-order valence-electron chi connectivity index (χ0n) is 14.2. The van der Waals surface area contributed by atoms with Crippen molar-refractivity contribution < 1.29 is 9.63 Å². The Morgan fingerprint density at radius 3 is 3.08 bits per heavy atom. The van der Waals surface area contributed by atoms with E-state index in [9.17, 15) is 5.11 Å². The number of rotatable bonds is 5. The molecule has 1 aliphatic heterocycles. The molecule has 2 aliphatic rings. The Balaban J connectivity index is 1.39. The number of anilines is 2. The average Bonchev–Trinajstić information content (AvgIpc) is 3.19. The van der Waals surface area contributed by atoms with Crippen molar-refractivity contribution in [3.05, 3.63) is 29.4 Å². The van der Waals surface area contributed by atoms with E-state index in [2.05, 4.69) is 25.3 Å². The lowest BCUT2D eigenvalue weighted by molar-refractivity contribution is 0.194. The monoisotopic (exact) mass is 344 g/mol. The molecule has 0 aromatic carbocycles. The number of fused-ring (bicyclic) bond motifs is 1. The largest absolute Gasteiger partial charge is 0.391 e. The number of aryl methyl sites for hydroxylation is 1. The summed E-state index contributed by atoms with van der Waals surface area (Å²) in [6, 6.07) is 1.91. The lowest BCUT2D eigenvalue weighted by Gasteiger charge is -2.25. The van der Waals surface area contributed by atoms with E-state index in [0.717, 1.165) is 36.7 Å². The van der Waals surface area contributed by atoms with Gasteiger partial charge in [0.15, 0.2) is 0 Å². The smallest absolute Gasteiger partial charge is 0.140 e. The first kappa shape index (κ1) is 16.3. The van der Waals surface area contributed by atoms with Gasteiger partial charge in [-0.2, -0.15) is 0 Å². The van der Waals surface area contributed by atoms with Crippen LogP contribution in [0.4, 0.5) is 11.6 Å². The number of nitrogen functional groups attached to an aromatic ring is 1. The number of hydrogen-bond acceptors (Lipinski definition) is 8. The molecule has 0 spiro atoms. The van der Waals surface area contributed by atoms with Gasteiger partial charge in [0, 0.05) is 43.7 Å². The normalized spacial score (nSPS) is 23.0. The second-order valence-corrected chi connectivity index (χ2v) is 6.87. The minimum Gasteiger partial charge on any atom is -0.391 e.